The molecule has 0 aliphatic carbocycles. The van der Waals surface area contributed by atoms with Crippen molar-refractivity contribution in [3.63, 3.8) is 0 Å². The number of hydrogen-bond donors (Lipinski definition) is 1. The highest BCUT2D eigenvalue weighted by Crippen LogP contribution is 2.37. The van der Waals surface area contributed by atoms with Gasteiger partial charge in [0.25, 0.3) is 0 Å². The fourth-order valence-electron chi connectivity index (χ4n) is 4.66. The summed E-state index contributed by atoms with van der Waals surface area (Å²) in [6.07, 6.45) is -2.65. The minimum atomic E-state index is -0.922. The highest BCUT2D eigenvalue weighted by molar-refractivity contribution is 7.99. The maximum absolute atomic E-state index is 11.8. The molecule has 0 radical (unpaired) electrons. The molecular weight excluding hydrogens is 520 g/mol. The molecule has 208 valence electrons. The Balaban J connectivity index is 1.35. The first-order valence-electron chi connectivity index (χ1n) is 13.7. The quantitative estimate of drug-likeness (QED) is 0.213. The van der Waals surface area contributed by atoms with Crippen molar-refractivity contribution < 1.29 is 24.1 Å². The molecule has 5 atom stereocenters. The summed E-state index contributed by atoms with van der Waals surface area (Å²) in [5.74, 6) is 0. The summed E-state index contributed by atoms with van der Waals surface area (Å²) < 4.78 is 25.5. The van der Waals surface area contributed by atoms with Gasteiger partial charge in [0.2, 0.25) is 0 Å². The van der Waals surface area contributed by atoms with E-state index in [1.165, 1.54) is 5.56 Å². The van der Waals surface area contributed by atoms with Crippen LogP contribution in [0.15, 0.2) is 120 Å². The Morgan fingerprint density at radius 3 is 1.70 bits per heavy atom. The molecule has 6 heteroatoms. The summed E-state index contributed by atoms with van der Waals surface area (Å²) >= 11 is 1.55. The summed E-state index contributed by atoms with van der Waals surface area (Å²) in [4.78, 5) is 1.05. The average molecular weight is 557 g/mol. The van der Waals surface area contributed by atoms with Gasteiger partial charge in [-0.05, 0) is 35.7 Å². The van der Waals surface area contributed by atoms with E-state index < -0.39 is 29.9 Å². The first-order chi connectivity index (χ1) is 19.7. The maximum Gasteiger partial charge on any atom is 0.137 e. The van der Waals surface area contributed by atoms with Crippen molar-refractivity contribution in [1.29, 1.82) is 0 Å². The van der Waals surface area contributed by atoms with Gasteiger partial charge in [-0.15, -0.1) is 0 Å². The van der Waals surface area contributed by atoms with Crippen LogP contribution >= 0.6 is 11.8 Å². The maximum atomic E-state index is 11.8. The van der Waals surface area contributed by atoms with E-state index in [-0.39, 0.29) is 6.61 Å². The third-order valence-electron chi connectivity index (χ3n) is 6.85. The Bertz CT molecular complexity index is 1270. The van der Waals surface area contributed by atoms with Gasteiger partial charge in [-0.1, -0.05) is 120 Å². The lowest BCUT2D eigenvalue weighted by atomic mass is 9.99. The molecule has 0 aromatic heterocycles. The molecule has 3 unspecified atom stereocenters. The van der Waals surface area contributed by atoms with Crippen LogP contribution in [0.5, 0.6) is 0 Å². The third kappa shape index (κ3) is 8.04. The van der Waals surface area contributed by atoms with Crippen LogP contribution in [0.3, 0.4) is 0 Å². The summed E-state index contributed by atoms with van der Waals surface area (Å²) in [7, 11) is 0. The summed E-state index contributed by atoms with van der Waals surface area (Å²) in [5.41, 5.74) is 3.87. The molecular formula is C34H36O5S. The summed E-state index contributed by atoms with van der Waals surface area (Å²) in [6.45, 7) is 3.50. The van der Waals surface area contributed by atoms with E-state index in [0.717, 1.165) is 21.6 Å². The van der Waals surface area contributed by atoms with Gasteiger partial charge in [-0.2, -0.15) is 0 Å². The predicted molar refractivity (Wildman–Crippen MR) is 158 cm³/mol. The normalized spacial score (nSPS) is 22.7. The lowest BCUT2D eigenvalue weighted by Gasteiger charge is -2.44. The van der Waals surface area contributed by atoms with E-state index in [0.29, 0.717) is 19.8 Å². The van der Waals surface area contributed by atoms with Gasteiger partial charge >= 0.3 is 0 Å². The number of thioether (sulfide) groups is 1. The number of aliphatic hydroxyl groups is 1. The number of rotatable bonds is 12. The van der Waals surface area contributed by atoms with Gasteiger partial charge in [0, 0.05) is 4.90 Å². The van der Waals surface area contributed by atoms with Crippen LogP contribution in [0.4, 0.5) is 0 Å². The number of aliphatic hydroxyl groups excluding tert-OH is 1. The largest absolute Gasteiger partial charge is 0.387 e. The molecule has 5 nitrogen and oxygen atoms in total. The van der Waals surface area contributed by atoms with Crippen molar-refractivity contribution >= 4 is 11.8 Å². The highest BCUT2D eigenvalue weighted by Gasteiger charge is 2.47. The van der Waals surface area contributed by atoms with E-state index >= 15 is 0 Å². The molecule has 0 saturated carbocycles. The zero-order chi connectivity index (χ0) is 27.6. The number of benzene rings is 4. The molecule has 1 aliphatic heterocycles. The SMILES string of the molecule is Cc1ccc(SC2OC(COCc3ccccc3)[C@@H](OCc3ccccc3)C(O)[C@@H]2OCc2ccccc2)cc1. The summed E-state index contributed by atoms with van der Waals surface area (Å²) in [6, 6.07) is 38.3. The van der Waals surface area contributed by atoms with Crippen molar-refractivity contribution in [1.82, 2.24) is 0 Å². The van der Waals surface area contributed by atoms with Crippen molar-refractivity contribution in [2.24, 2.45) is 0 Å². The molecule has 1 saturated heterocycles. The van der Waals surface area contributed by atoms with Gasteiger partial charge in [0.05, 0.1) is 26.4 Å². The Hall–Kier alpha value is -2.97. The summed E-state index contributed by atoms with van der Waals surface area (Å²) in [5, 5.41) is 11.8. The minimum absolute atomic E-state index is 0.280. The zero-order valence-electron chi connectivity index (χ0n) is 22.7. The van der Waals surface area contributed by atoms with Gasteiger partial charge in [0.15, 0.2) is 0 Å². The fourth-order valence-corrected chi connectivity index (χ4v) is 5.79. The molecule has 4 aromatic carbocycles. The van der Waals surface area contributed by atoms with Crippen LogP contribution in [-0.4, -0.2) is 41.6 Å². The molecule has 1 N–H and O–H groups in total. The molecule has 5 rings (SSSR count). The van der Waals surface area contributed by atoms with Crippen LogP contribution in [0.1, 0.15) is 22.3 Å². The van der Waals surface area contributed by atoms with E-state index in [4.69, 9.17) is 18.9 Å². The van der Waals surface area contributed by atoms with Crippen molar-refractivity contribution in [2.75, 3.05) is 6.61 Å². The lowest BCUT2D eigenvalue weighted by Crippen LogP contribution is -2.59. The van der Waals surface area contributed by atoms with Crippen LogP contribution < -0.4 is 0 Å². The minimum Gasteiger partial charge on any atom is -0.387 e. The smallest absolute Gasteiger partial charge is 0.137 e. The first-order valence-corrected chi connectivity index (χ1v) is 14.5. The number of ether oxygens (including phenoxy) is 4. The Kier molecular flexibility index (Phi) is 10.4. The van der Waals surface area contributed by atoms with Gasteiger partial charge in [-0.3, -0.25) is 0 Å². The molecule has 1 heterocycles. The molecule has 1 fully saturated rings. The van der Waals surface area contributed by atoms with Gasteiger partial charge in [0.1, 0.15) is 29.9 Å². The molecule has 0 bridgehead atoms. The van der Waals surface area contributed by atoms with Crippen LogP contribution in [-0.2, 0) is 38.8 Å². The average Bonchev–Trinajstić information content (AvgIpc) is 2.99. The predicted octanol–water partition coefficient (Wildman–Crippen LogP) is 6.56. The van der Waals surface area contributed by atoms with E-state index in [1.54, 1.807) is 11.8 Å². The van der Waals surface area contributed by atoms with E-state index in [9.17, 15) is 5.11 Å². The second-order valence-electron chi connectivity index (χ2n) is 9.99. The molecule has 4 aromatic rings. The highest BCUT2D eigenvalue weighted by atomic mass is 32.2. The molecule has 1 aliphatic rings. The van der Waals surface area contributed by atoms with Crippen LogP contribution in [0, 0.1) is 6.92 Å². The second-order valence-corrected chi connectivity index (χ2v) is 11.2. The molecule has 40 heavy (non-hydrogen) atoms. The topological polar surface area (TPSA) is 57.2 Å². The molecule has 0 spiro atoms. The third-order valence-corrected chi connectivity index (χ3v) is 8.01. The lowest BCUT2D eigenvalue weighted by molar-refractivity contribution is -0.240. The van der Waals surface area contributed by atoms with Gasteiger partial charge < -0.3 is 24.1 Å². The second kappa shape index (κ2) is 14.6. The van der Waals surface area contributed by atoms with E-state index in [2.05, 4.69) is 31.2 Å². The van der Waals surface area contributed by atoms with Gasteiger partial charge in [-0.25, -0.2) is 0 Å². The number of hydrogen-bond acceptors (Lipinski definition) is 6. The fraction of sp³-hybridized carbons (Fsp3) is 0.294. The zero-order valence-corrected chi connectivity index (χ0v) is 23.5. The Morgan fingerprint density at radius 1 is 0.650 bits per heavy atom. The van der Waals surface area contributed by atoms with Crippen LogP contribution in [0.2, 0.25) is 0 Å². The first kappa shape index (κ1) is 28.6. The number of aryl methyl sites for hydroxylation is 1. The van der Waals surface area contributed by atoms with Crippen molar-refractivity contribution in [3.8, 4) is 0 Å². The van der Waals surface area contributed by atoms with E-state index in [1.807, 2.05) is 91.0 Å². The Labute approximate surface area is 241 Å². The Morgan fingerprint density at radius 2 is 1.15 bits per heavy atom. The monoisotopic (exact) mass is 556 g/mol. The standard InChI is InChI=1S/C34H36O5S/c1-25-17-19-29(20-18-25)40-34-33(38-23-28-15-9-4-10-16-28)31(35)32(37-22-27-13-7-3-8-14-27)30(39-34)24-36-21-26-11-5-2-6-12-26/h2-20,30-35H,21-24H2,1H3/t30?,31?,32-,33+,34?/m1/s1. The van der Waals surface area contributed by atoms with Crippen molar-refractivity contribution in [2.45, 2.75) is 61.5 Å². The van der Waals surface area contributed by atoms with Crippen molar-refractivity contribution in [3.05, 3.63) is 138 Å². The molecule has 0 amide bonds. The van der Waals surface area contributed by atoms with Crippen LogP contribution in [0.25, 0.3) is 0 Å².